The van der Waals surface area contributed by atoms with Gasteiger partial charge in [0.25, 0.3) is 15.9 Å². The summed E-state index contributed by atoms with van der Waals surface area (Å²) in [5, 5.41) is 5.79. The van der Waals surface area contributed by atoms with Crippen LogP contribution in [-0.2, 0) is 21.0 Å². The lowest BCUT2D eigenvalue weighted by molar-refractivity contribution is -0.137. The Bertz CT molecular complexity index is 1520. The minimum absolute atomic E-state index is 0.172. The number of hydrogen-bond acceptors (Lipinski definition) is 4. The monoisotopic (exact) mass is 511 g/mol. The van der Waals surface area contributed by atoms with Crippen molar-refractivity contribution in [1.82, 2.24) is 5.43 Å². The van der Waals surface area contributed by atoms with E-state index < -0.39 is 34.2 Å². The molecule has 0 atom stereocenters. The molecule has 0 heterocycles. The maximum Gasteiger partial charge on any atom is 0.416 e. The van der Waals surface area contributed by atoms with Crippen LogP contribution >= 0.6 is 0 Å². The van der Waals surface area contributed by atoms with Crippen molar-refractivity contribution in [3.8, 4) is 0 Å². The van der Waals surface area contributed by atoms with Gasteiger partial charge in [-0.25, -0.2) is 13.8 Å². The van der Waals surface area contributed by atoms with E-state index in [0.717, 1.165) is 28.5 Å². The molecule has 0 saturated carbocycles. The number of rotatable bonds is 7. The van der Waals surface area contributed by atoms with Crippen molar-refractivity contribution >= 4 is 38.6 Å². The molecule has 0 unspecified atom stereocenters. The topological polar surface area (TPSA) is 78.8 Å². The van der Waals surface area contributed by atoms with E-state index in [0.29, 0.717) is 10.4 Å². The zero-order chi connectivity index (χ0) is 25.8. The van der Waals surface area contributed by atoms with Crippen molar-refractivity contribution in [1.29, 1.82) is 0 Å². The average molecular weight is 512 g/mol. The van der Waals surface area contributed by atoms with Crippen LogP contribution in [-0.4, -0.2) is 27.1 Å². The van der Waals surface area contributed by atoms with Crippen LogP contribution in [0.2, 0.25) is 0 Å². The third kappa shape index (κ3) is 5.55. The van der Waals surface area contributed by atoms with Crippen LogP contribution in [0, 0.1) is 0 Å². The fourth-order valence-corrected chi connectivity index (χ4v) is 5.01. The fraction of sp³-hybridized carbons (Fsp3) is 0.0769. The number of hydrogen-bond donors (Lipinski definition) is 1. The Labute approximate surface area is 205 Å². The summed E-state index contributed by atoms with van der Waals surface area (Å²) in [6.45, 7) is -0.786. The van der Waals surface area contributed by atoms with Crippen LogP contribution in [0.5, 0.6) is 0 Å². The predicted octanol–water partition coefficient (Wildman–Crippen LogP) is 5.20. The molecular weight excluding hydrogens is 491 g/mol. The third-order valence-corrected chi connectivity index (χ3v) is 7.08. The van der Waals surface area contributed by atoms with E-state index in [1.807, 2.05) is 36.4 Å². The van der Waals surface area contributed by atoms with E-state index in [1.165, 1.54) is 36.5 Å². The number of carbonyl (C=O) groups is 1. The first kappa shape index (κ1) is 24.9. The number of carbonyl (C=O) groups excluding carboxylic acids is 1. The second-order valence-electron chi connectivity index (χ2n) is 7.73. The third-order valence-electron chi connectivity index (χ3n) is 5.30. The maximum absolute atomic E-state index is 13.3. The summed E-state index contributed by atoms with van der Waals surface area (Å²) in [7, 11) is -4.36. The lowest BCUT2D eigenvalue weighted by Crippen LogP contribution is -2.39. The first-order valence-electron chi connectivity index (χ1n) is 10.7. The molecule has 0 radical (unpaired) electrons. The molecule has 1 N–H and O–H groups in total. The van der Waals surface area contributed by atoms with Crippen LogP contribution in [0.4, 0.5) is 18.9 Å². The van der Waals surface area contributed by atoms with Gasteiger partial charge in [0.05, 0.1) is 22.4 Å². The molecule has 0 saturated heterocycles. The molecule has 184 valence electrons. The Morgan fingerprint density at radius 3 is 2.31 bits per heavy atom. The molecular formula is C26H20F3N3O3S. The van der Waals surface area contributed by atoms with Gasteiger partial charge in [-0.15, -0.1) is 0 Å². The number of benzene rings is 4. The summed E-state index contributed by atoms with van der Waals surface area (Å²) in [6.07, 6.45) is -3.27. The van der Waals surface area contributed by atoms with E-state index >= 15 is 0 Å². The summed E-state index contributed by atoms with van der Waals surface area (Å²) >= 11 is 0. The minimum atomic E-state index is -4.69. The first-order valence-corrected chi connectivity index (χ1v) is 12.1. The molecule has 6 nitrogen and oxygen atoms in total. The van der Waals surface area contributed by atoms with Crippen molar-refractivity contribution in [2.45, 2.75) is 11.1 Å². The van der Waals surface area contributed by atoms with Gasteiger partial charge in [-0.3, -0.25) is 9.10 Å². The van der Waals surface area contributed by atoms with Gasteiger partial charge in [-0.1, -0.05) is 66.7 Å². The van der Waals surface area contributed by atoms with Gasteiger partial charge >= 0.3 is 6.18 Å². The molecule has 0 aromatic heterocycles. The molecule has 4 aromatic rings. The van der Waals surface area contributed by atoms with Gasteiger partial charge in [0.1, 0.15) is 6.54 Å². The van der Waals surface area contributed by atoms with Gasteiger partial charge in [0.2, 0.25) is 0 Å². The van der Waals surface area contributed by atoms with Gasteiger partial charge in [-0.2, -0.15) is 18.3 Å². The largest absolute Gasteiger partial charge is 0.416 e. The number of anilines is 1. The molecule has 4 aromatic carbocycles. The van der Waals surface area contributed by atoms with Crippen molar-refractivity contribution in [2.24, 2.45) is 5.10 Å². The van der Waals surface area contributed by atoms with E-state index in [2.05, 4.69) is 10.5 Å². The molecule has 0 aliphatic carbocycles. The highest BCUT2D eigenvalue weighted by atomic mass is 32.2. The first-order chi connectivity index (χ1) is 17.2. The highest BCUT2D eigenvalue weighted by Crippen LogP contribution is 2.33. The molecule has 0 fully saturated rings. The molecule has 36 heavy (non-hydrogen) atoms. The maximum atomic E-state index is 13.3. The number of hydrazone groups is 1. The SMILES string of the molecule is O=C(CN(c1cccc(C(F)(F)F)c1)S(=O)(=O)c1ccccc1)N/N=C/c1cccc2ccccc12. The highest BCUT2D eigenvalue weighted by molar-refractivity contribution is 7.92. The zero-order valence-corrected chi connectivity index (χ0v) is 19.5. The highest BCUT2D eigenvalue weighted by Gasteiger charge is 2.33. The van der Waals surface area contributed by atoms with Crippen molar-refractivity contribution in [3.63, 3.8) is 0 Å². The molecule has 0 spiro atoms. The molecule has 0 bridgehead atoms. The quantitative estimate of drug-likeness (QED) is 0.274. The zero-order valence-electron chi connectivity index (χ0n) is 18.7. The Morgan fingerprint density at radius 1 is 0.889 bits per heavy atom. The minimum Gasteiger partial charge on any atom is -0.271 e. The molecule has 0 aliphatic heterocycles. The summed E-state index contributed by atoms with van der Waals surface area (Å²) in [5.41, 5.74) is 1.65. The molecule has 10 heteroatoms. The fourth-order valence-electron chi connectivity index (χ4n) is 3.57. The number of fused-ring (bicyclic) bond motifs is 1. The van der Waals surface area contributed by atoms with Crippen molar-refractivity contribution in [3.05, 3.63) is 108 Å². The summed E-state index contributed by atoms with van der Waals surface area (Å²) < 4.78 is 67.1. The lowest BCUT2D eigenvalue weighted by atomic mass is 10.1. The lowest BCUT2D eigenvalue weighted by Gasteiger charge is -2.24. The van der Waals surface area contributed by atoms with Gasteiger partial charge in [-0.05, 0) is 41.1 Å². The summed E-state index contributed by atoms with van der Waals surface area (Å²) in [6, 6.07) is 24.1. The van der Waals surface area contributed by atoms with E-state index in [-0.39, 0.29) is 10.6 Å². The van der Waals surface area contributed by atoms with Crippen LogP contribution in [0.3, 0.4) is 0 Å². The van der Waals surface area contributed by atoms with E-state index in [1.54, 1.807) is 12.1 Å². The molecule has 4 rings (SSSR count). The summed E-state index contributed by atoms with van der Waals surface area (Å²) in [4.78, 5) is 12.5. The number of sulfonamides is 1. The second-order valence-corrected chi connectivity index (χ2v) is 9.60. The number of nitrogens with zero attached hydrogens (tertiary/aromatic N) is 2. The van der Waals surface area contributed by atoms with Crippen LogP contribution < -0.4 is 9.73 Å². The van der Waals surface area contributed by atoms with Crippen molar-refractivity contribution in [2.75, 3.05) is 10.8 Å². The van der Waals surface area contributed by atoms with Crippen LogP contribution in [0.25, 0.3) is 10.8 Å². The predicted molar refractivity (Wildman–Crippen MR) is 132 cm³/mol. The summed E-state index contributed by atoms with van der Waals surface area (Å²) in [5.74, 6) is -0.830. The Morgan fingerprint density at radius 2 is 1.56 bits per heavy atom. The second kappa shape index (κ2) is 10.2. The van der Waals surface area contributed by atoms with Crippen LogP contribution in [0.15, 0.2) is 107 Å². The number of amides is 1. The molecule has 1 amide bonds. The van der Waals surface area contributed by atoms with Gasteiger partial charge in [0.15, 0.2) is 0 Å². The smallest absolute Gasteiger partial charge is 0.271 e. The number of nitrogens with one attached hydrogen (secondary N) is 1. The van der Waals surface area contributed by atoms with Crippen LogP contribution in [0.1, 0.15) is 11.1 Å². The Balaban J connectivity index is 1.62. The number of halogens is 3. The standard InChI is InChI=1S/C26H20F3N3O3S/c27-26(28,29)21-11-7-12-22(16-21)32(36(34,35)23-13-2-1-3-14-23)18-25(33)31-30-17-20-10-6-9-19-8-4-5-15-24(19)20/h1-17H,18H2,(H,31,33)/b30-17+. The van der Waals surface area contributed by atoms with E-state index in [4.69, 9.17) is 0 Å². The number of alkyl halides is 3. The molecule has 0 aliphatic rings. The van der Waals surface area contributed by atoms with E-state index in [9.17, 15) is 26.4 Å². The normalized spacial score (nSPS) is 12.1. The van der Waals surface area contributed by atoms with Crippen molar-refractivity contribution < 1.29 is 26.4 Å². The van der Waals surface area contributed by atoms with Gasteiger partial charge in [0, 0.05) is 5.56 Å². The van der Waals surface area contributed by atoms with Gasteiger partial charge < -0.3 is 0 Å². The average Bonchev–Trinajstić information content (AvgIpc) is 2.87. The Kier molecular flexibility index (Phi) is 7.07. The Hall–Kier alpha value is -4.18.